The van der Waals surface area contributed by atoms with Gasteiger partial charge in [0.1, 0.15) is 0 Å². The molecule has 84 valence electrons. The van der Waals surface area contributed by atoms with Crippen molar-refractivity contribution >= 4 is 5.95 Å². The Hall–Kier alpha value is -1.78. The van der Waals surface area contributed by atoms with E-state index in [-0.39, 0.29) is 0 Å². The van der Waals surface area contributed by atoms with E-state index in [4.69, 9.17) is 0 Å². The van der Waals surface area contributed by atoms with Crippen molar-refractivity contribution in [2.75, 3.05) is 5.32 Å². The fraction of sp³-hybridized carbons (Fsp3) is 0.455. The summed E-state index contributed by atoms with van der Waals surface area (Å²) in [5, 5.41) is 10.2. The molecule has 0 amide bonds. The highest BCUT2D eigenvalue weighted by molar-refractivity contribution is 5.33. The van der Waals surface area contributed by atoms with Gasteiger partial charge >= 0.3 is 0 Å². The maximum atomic E-state index is 4.49. The minimum Gasteiger partial charge on any atom is -0.353 e. The van der Waals surface area contributed by atoms with Gasteiger partial charge in [-0.1, -0.05) is 0 Å². The van der Waals surface area contributed by atoms with Crippen LogP contribution in [0.25, 0.3) is 0 Å². The van der Waals surface area contributed by atoms with Crippen molar-refractivity contribution in [3.8, 4) is 0 Å². The van der Waals surface area contributed by atoms with Crippen molar-refractivity contribution in [2.45, 2.75) is 32.4 Å². The highest BCUT2D eigenvalue weighted by Gasteiger charge is 2.22. The maximum Gasteiger partial charge on any atom is 0.203 e. The Bertz CT molecular complexity index is 467. The van der Waals surface area contributed by atoms with E-state index in [2.05, 4.69) is 31.3 Å². The van der Waals surface area contributed by atoms with Crippen molar-refractivity contribution in [1.29, 1.82) is 0 Å². The third-order valence-corrected chi connectivity index (χ3v) is 2.72. The topological polar surface area (TPSA) is 58.5 Å². The molecule has 2 N–H and O–H groups in total. The standard InChI is InChI=1S/C11H15N5/c1-8-6-16(7-9-4-12-13-5-9)11(14-8)15-10-2-3-10/h4-6,10H,2-3,7H2,1H3,(H,12,13)(H,14,15). The number of aromatic amines is 1. The van der Waals surface area contributed by atoms with E-state index in [0.717, 1.165) is 23.8 Å². The van der Waals surface area contributed by atoms with E-state index in [0.29, 0.717) is 6.04 Å². The first-order valence-corrected chi connectivity index (χ1v) is 5.59. The SMILES string of the molecule is Cc1cn(Cc2cn[nH]c2)c(NC2CC2)n1. The molecule has 2 heterocycles. The molecule has 3 rings (SSSR count). The van der Waals surface area contributed by atoms with Gasteiger partial charge in [0.2, 0.25) is 5.95 Å². The summed E-state index contributed by atoms with van der Waals surface area (Å²) in [5.41, 5.74) is 2.21. The number of anilines is 1. The predicted molar refractivity (Wildman–Crippen MR) is 61.3 cm³/mol. The van der Waals surface area contributed by atoms with Gasteiger partial charge in [0.05, 0.1) is 18.4 Å². The number of aromatic nitrogens is 4. The van der Waals surface area contributed by atoms with E-state index >= 15 is 0 Å². The van der Waals surface area contributed by atoms with Crippen LogP contribution in [0.4, 0.5) is 5.95 Å². The van der Waals surface area contributed by atoms with Crippen LogP contribution < -0.4 is 5.32 Å². The van der Waals surface area contributed by atoms with Crippen LogP contribution >= 0.6 is 0 Å². The molecule has 2 aromatic heterocycles. The van der Waals surface area contributed by atoms with E-state index in [9.17, 15) is 0 Å². The Morgan fingerprint density at radius 3 is 3.12 bits per heavy atom. The van der Waals surface area contributed by atoms with Gasteiger partial charge in [0.15, 0.2) is 0 Å². The number of hydrogen-bond donors (Lipinski definition) is 2. The third-order valence-electron chi connectivity index (χ3n) is 2.72. The van der Waals surface area contributed by atoms with Gasteiger partial charge in [-0.05, 0) is 19.8 Å². The lowest BCUT2D eigenvalue weighted by atomic mass is 10.3. The van der Waals surface area contributed by atoms with Crippen LogP contribution in [-0.4, -0.2) is 25.8 Å². The summed E-state index contributed by atoms with van der Waals surface area (Å²) in [6, 6.07) is 0.630. The van der Waals surface area contributed by atoms with E-state index in [1.807, 2.05) is 19.3 Å². The fourth-order valence-electron chi connectivity index (χ4n) is 1.75. The lowest BCUT2D eigenvalue weighted by Gasteiger charge is -2.07. The monoisotopic (exact) mass is 217 g/mol. The first-order valence-electron chi connectivity index (χ1n) is 5.59. The Kier molecular flexibility index (Phi) is 2.16. The lowest BCUT2D eigenvalue weighted by molar-refractivity contribution is 0.796. The second kappa shape index (κ2) is 3.66. The zero-order chi connectivity index (χ0) is 11.0. The molecule has 16 heavy (non-hydrogen) atoms. The first kappa shape index (κ1) is 9.45. The van der Waals surface area contributed by atoms with Gasteiger partial charge in [0.25, 0.3) is 0 Å². The van der Waals surface area contributed by atoms with Crippen molar-refractivity contribution in [2.24, 2.45) is 0 Å². The highest BCUT2D eigenvalue weighted by Crippen LogP contribution is 2.24. The van der Waals surface area contributed by atoms with Gasteiger partial charge in [-0.3, -0.25) is 5.10 Å². The predicted octanol–water partition coefficient (Wildman–Crippen LogP) is 1.54. The third kappa shape index (κ3) is 1.93. The van der Waals surface area contributed by atoms with E-state index in [1.165, 1.54) is 12.8 Å². The number of imidazole rings is 1. The molecular formula is C11H15N5. The summed E-state index contributed by atoms with van der Waals surface area (Å²) in [6.45, 7) is 2.83. The summed E-state index contributed by atoms with van der Waals surface area (Å²) in [4.78, 5) is 4.49. The van der Waals surface area contributed by atoms with Crippen LogP contribution in [0, 0.1) is 6.92 Å². The summed E-state index contributed by atoms with van der Waals surface area (Å²) < 4.78 is 2.14. The molecule has 0 radical (unpaired) electrons. The normalized spacial score (nSPS) is 15.3. The molecular weight excluding hydrogens is 202 g/mol. The Morgan fingerprint density at radius 2 is 2.44 bits per heavy atom. The summed E-state index contributed by atoms with van der Waals surface area (Å²) in [6.07, 6.45) is 8.35. The molecule has 5 nitrogen and oxygen atoms in total. The van der Waals surface area contributed by atoms with Crippen molar-refractivity contribution < 1.29 is 0 Å². The first-order chi connectivity index (χ1) is 7.81. The van der Waals surface area contributed by atoms with Crippen LogP contribution in [0.3, 0.4) is 0 Å². The molecule has 0 bridgehead atoms. The number of H-pyrrole nitrogens is 1. The fourth-order valence-corrected chi connectivity index (χ4v) is 1.75. The molecule has 0 atom stereocenters. The average molecular weight is 217 g/mol. The molecule has 1 aliphatic rings. The van der Waals surface area contributed by atoms with Gasteiger partial charge in [-0.2, -0.15) is 5.10 Å². The average Bonchev–Trinajstić information content (AvgIpc) is 2.79. The number of hydrogen-bond acceptors (Lipinski definition) is 3. The second-order valence-electron chi connectivity index (χ2n) is 4.36. The number of nitrogens with zero attached hydrogens (tertiary/aromatic N) is 3. The van der Waals surface area contributed by atoms with Crippen LogP contribution in [-0.2, 0) is 6.54 Å². The highest BCUT2D eigenvalue weighted by atomic mass is 15.2. The molecule has 0 aliphatic heterocycles. The molecule has 1 fully saturated rings. The summed E-state index contributed by atoms with van der Waals surface area (Å²) in [5.74, 6) is 0.973. The number of aryl methyl sites for hydroxylation is 1. The number of nitrogens with one attached hydrogen (secondary N) is 2. The Balaban J connectivity index is 1.81. The zero-order valence-corrected chi connectivity index (χ0v) is 9.27. The molecule has 1 aliphatic carbocycles. The van der Waals surface area contributed by atoms with Crippen LogP contribution in [0.5, 0.6) is 0 Å². The minimum absolute atomic E-state index is 0.630. The van der Waals surface area contributed by atoms with Gasteiger partial charge in [-0.25, -0.2) is 4.98 Å². The van der Waals surface area contributed by atoms with Gasteiger partial charge in [-0.15, -0.1) is 0 Å². The van der Waals surface area contributed by atoms with Gasteiger partial charge in [0, 0.05) is 24.0 Å². The molecule has 1 saturated carbocycles. The Morgan fingerprint density at radius 1 is 1.56 bits per heavy atom. The van der Waals surface area contributed by atoms with Crippen LogP contribution in [0.1, 0.15) is 24.1 Å². The molecule has 5 heteroatoms. The van der Waals surface area contributed by atoms with Crippen molar-refractivity contribution in [1.82, 2.24) is 19.7 Å². The van der Waals surface area contributed by atoms with Crippen molar-refractivity contribution in [3.05, 3.63) is 29.8 Å². The van der Waals surface area contributed by atoms with Crippen molar-refractivity contribution in [3.63, 3.8) is 0 Å². The molecule has 0 saturated heterocycles. The largest absolute Gasteiger partial charge is 0.353 e. The van der Waals surface area contributed by atoms with E-state index in [1.54, 1.807) is 0 Å². The minimum atomic E-state index is 0.630. The molecule has 2 aromatic rings. The quantitative estimate of drug-likeness (QED) is 0.816. The van der Waals surface area contributed by atoms with E-state index < -0.39 is 0 Å². The second-order valence-corrected chi connectivity index (χ2v) is 4.36. The molecule has 0 spiro atoms. The summed E-state index contributed by atoms with van der Waals surface area (Å²) in [7, 11) is 0. The maximum absolute atomic E-state index is 4.49. The number of rotatable bonds is 4. The lowest BCUT2D eigenvalue weighted by Crippen LogP contribution is -2.09. The molecule has 0 aromatic carbocycles. The smallest absolute Gasteiger partial charge is 0.203 e. The van der Waals surface area contributed by atoms with Crippen LogP contribution in [0.15, 0.2) is 18.6 Å². The van der Waals surface area contributed by atoms with Crippen LogP contribution in [0.2, 0.25) is 0 Å². The Labute approximate surface area is 93.9 Å². The van der Waals surface area contributed by atoms with Gasteiger partial charge < -0.3 is 9.88 Å². The summed E-state index contributed by atoms with van der Waals surface area (Å²) >= 11 is 0. The zero-order valence-electron chi connectivity index (χ0n) is 9.27. The molecule has 0 unspecified atom stereocenters.